The maximum Gasteiger partial charge on any atom is 0.329 e. The van der Waals surface area contributed by atoms with Gasteiger partial charge in [-0.05, 0) is 67.4 Å². The van der Waals surface area contributed by atoms with Crippen molar-refractivity contribution in [3.05, 3.63) is 89.2 Å². The van der Waals surface area contributed by atoms with E-state index >= 15 is 0 Å². The van der Waals surface area contributed by atoms with E-state index in [-0.39, 0.29) is 12.4 Å². The van der Waals surface area contributed by atoms with Crippen molar-refractivity contribution >= 4 is 23.7 Å². The SMILES string of the molecule is CCOc1cc(/C=N\NC(=O)C(=O)Nc2ccc(C)cc2)ccc1OCc1ccc(F)cc1. The predicted molar refractivity (Wildman–Crippen MR) is 124 cm³/mol. The summed E-state index contributed by atoms with van der Waals surface area (Å²) in [5.74, 6) is -1.02. The third-order valence-electron chi connectivity index (χ3n) is 4.47. The summed E-state index contributed by atoms with van der Waals surface area (Å²) in [6, 6.07) is 18.2. The van der Waals surface area contributed by atoms with Gasteiger partial charge in [-0.15, -0.1) is 0 Å². The topological polar surface area (TPSA) is 89.0 Å². The number of aryl methyl sites for hydroxylation is 1. The number of nitrogens with one attached hydrogen (secondary N) is 2. The molecule has 3 aromatic rings. The van der Waals surface area contributed by atoms with Gasteiger partial charge in [-0.1, -0.05) is 29.8 Å². The zero-order valence-electron chi connectivity index (χ0n) is 18.3. The lowest BCUT2D eigenvalue weighted by Crippen LogP contribution is -2.32. The van der Waals surface area contributed by atoms with Gasteiger partial charge in [0.15, 0.2) is 11.5 Å². The lowest BCUT2D eigenvalue weighted by molar-refractivity contribution is -0.136. The van der Waals surface area contributed by atoms with Crippen molar-refractivity contribution in [3.8, 4) is 11.5 Å². The average molecular weight is 449 g/mol. The van der Waals surface area contributed by atoms with Gasteiger partial charge < -0.3 is 14.8 Å². The van der Waals surface area contributed by atoms with Crippen molar-refractivity contribution in [3.63, 3.8) is 0 Å². The minimum atomic E-state index is -0.892. The molecule has 3 rings (SSSR count). The van der Waals surface area contributed by atoms with Crippen LogP contribution >= 0.6 is 0 Å². The van der Waals surface area contributed by atoms with E-state index in [0.29, 0.717) is 29.4 Å². The first kappa shape index (κ1) is 23.5. The zero-order valence-corrected chi connectivity index (χ0v) is 18.3. The fourth-order valence-corrected chi connectivity index (χ4v) is 2.78. The van der Waals surface area contributed by atoms with Gasteiger partial charge in [-0.2, -0.15) is 5.10 Å². The minimum Gasteiger partial charge on any atom is -0.490 e. The van der Waals surface area contributed by atoms with Crippen molar-refractivity contribution in [2.75, 3.05) is 11.9 Å². The maximum absolute atomic E-state index is 13.0. The summed E-state index contributed by atoms with van der Waals surface area (Å²) in [6.07, 6.45) is 1.39. The fraction of sp³-hybridized carbons (Fsp3) is 0.160. The number of anilines is 1. The molecule has 170 valence electrons. The van der Waals surface area contributed by atoms with E-state index in [1.54, 1.807) is 42.5 Å². The van der Waals surface area contributed by atoms with Crippen LogP contribution in [0.4, 0.5) is 10.1 Å². The van der Waals surface area contributed by atoms with Crippen LogP contribution in [0.15, 0.2) is 71.8 Å². The largest absolute Gasteiger partial charge is 0.490 e. The van der Waals surface area contributed by atoms with Gasteiger partial charge in [-0.25, -0.2) is 9.82 Å². The lowest BCUT2D eigenvalue weighted by atomic mass is 10.2. The number of benzene rings is 3. The molecule has 0 bridgehead atoms. The molecule has 0 saturated heterocycles. The summed E-state index contributed by atoms with van der Waals surface area (Å²) in [4.78, 5) is 23.9. The van der Waals surface area contributed by atoms with Crippen molar-refractivity contribution < 1.29 is 23.5 Å². The van der Waals surface area contributed by atoms with Gasteiger partial charge in [0.1, 0.15) is 12.4 Å². The minimum absolute atomic E-state index is 0.250. The number of nitrogens with zero attached hydrogens (tertiary/aromatic N) is 1. The normalized spacial score (nSPS) is 10.6. The first-order valence-corrected chi connectivity index (χ1v) is 10.3. The lowest BCUT2D eigenvalue weighted by Gasteiger charge is -2.12. The molecule has 2 amide bonds. The van der Waals surface area contributed by atoms with Crippen molar-refractivity contribution in [2.24, 2.45) is 5.10 Å². The molecule has 0 saturated carbocycles. The van der Waals surface area contributed by atoms with Crippen LogP contribution in [0.1, 0.15) is 23.6 Å². The van der Waals surface area contributed by atoms with Crippen LogP contribution in [0.25, 0.3) is 0 Å². The molecule has 0 atom stereocenters. The molecule has 8 heteroatoms. The third kappa shape index (κ3) is 7.17. The summed E-state index contributed by atoms with van der Waals surface area (Å²) in [6.45, 7) is 4.44. The Bertz CT molecular complexity index is 1130. The van der Waals surface area contributed by atoms with Gasteiger partial charge in [-0.3, -0.25) is 9.59 Å². The number of hydrazone groups is 1. The highest BCUT2D eigenvalue weighted by Gasteiger charge is 2.13. The van der Waals surface area contributed by atoms with Crippen molar-refractivity contribution in [1.82, 2.24) is 5.43 Å². The third-order valence-corrected chi connectivity index (χ3v) is 4.47. The molecule has 3 aromatic carbocycles. The summed E-state index contributed by atoms with van der Waals surface area (Å²) in [7, 11) is 0. The highest BCUT2D eigenvalue weighted by Crippen LogP contribution is 2.29. The second-order valence-electron chi connectivity index (χ2n) is 7.07. The summed E-state index contributed by atoms with van der Waals surface area (Å²) < 4.78 is 24.5. The number of hydrogen-bond acceptors (Lipinski definition) is 5. The molecule has 2 N–H and O–H groups in total. The van der Waals surface area contributed by atoms with Gasteiger partial charge in [0.25, 0.3) is 0 Å². The Hall–Kier alpha value is -4.20. The average Bonchev–Trinajstić information content (AvgIpc) is 2.81. The quantitative estimate of drug-likeness (QED) is 0.306. The first-order chi connectivity index (χ1) is 15.9. The van der Waals surface area contributed by atoms with E-state index in [2.05, 4.69) is 15.8 Å². The van der Waals surface area contributed by atoms with Crippen LogP contribution in [-0.4, -0.2) is 24.6 Å². The van der Waals surface area contributed by atoms with E-state index in [0.717, 1.165) is 11.1 Å². The molecule has 0 heterocycles. The molecule has 0 aliphatic carbocycles. The molecule has 0 radical (unpaired) electrons. The Morgan fingerprint density at radius 1 is 0.939 bits per heavy atom. The highest BCUT2D eigenvalue weighted by atomic mass is 19.1. The Kier molecular flexibility index (Phi) is 8.13. The summed E-state index contributed by atoms with van der Waals surface area (Å²) in [5.41, 5.74) is 5.20. The molecular formula is C25H24FN3O4. The molecule has 7 nitrogen and oxygen atoms in total. The molecule has 33 heavy (non-hydrogen) atoms. The number of amides is 2. The Labute approximate surface area is 191 Å². The van der Waals surface area contributed by atoms with E-state index in [1.807, 2.05) is 26.0 Å². The molecule has 0 spiro atoms. The van der Waals surface area contributed by atoms with E-state index < -0.39 is 11.8 Å². The predicted octanol–water partition coefficient (Wildman–Crippen LogP) is 4.20. The second kappa shape index (κ2) is 11.4. The van der Waals surface area contributed by atoms with Crippen molar-refractivity contribution in [1.29, 1.82) is 0 Å². The van der Waals surface area contributed by atoms with Crippen LogP contribution < -0.4 is 20.2 Å². The zero-order chi connectivity index (χ0) is 23.6. The smallest absolute Gasteiger partial charge is 0.329 e. The van der Waals surface area contributed by atoms with Crippen LogP contribution in [0.2, 0.25) is 0 Å². The fourth-order valence-electron chi connectivity index (χ4n) is 2.78. The van der Waals surface area contributed by atoms with Crippen LogP contribution in [0, 0.1) is 12.7 Å². The Balaban J connectivity index is 1.58. The highest BCUT2D eigenvalue weighted by molar-refractivity contribution is 6.39. The van der Waals surface area contributed by atoms with Crippen LogP contribution in [0.5, 0.6) is 11.5 Å². The molecule has 0 fully saturated rings. The molecule has 0 unspecified atom stereocenters. The number of rotatable bonds is 8. The van der Waals surface area contributed by atoms with Crippen molar-refractivity contribution in [2.45, 2.75) is 20.5 Å². The van der Waals surface area contributed by atoms with Gasteiger partial charge in [0.2, 0.25) is 0 Å². The second-order valence-corrected chi connectivity index (χ2v) is 7.07. The molecular weight excluding hydrogens is 425 g/mol. The van der Waals surface area contributed by atoms with Gasteiger partial charge in [0.05, 0.1) is 12.8 Å². The van der Waals surface area contributed by atoms with Gasteiger partial charge >= 0.3 is 11.8 Å². The number of carbonyl (C=O) groups is 2. The number of halogens is 1. The summed E-state index contributed by atoms with van der Waals surface area (Å²) >= 11 is 0. The maximum atomic E-state index is 13.0. The standard InChI is InChI=1S/C25H24FN3O4/c1-3-32-23-14-19(8-13-22(23)33-16-18-6-9-20(26)10-7-18)15-27-29-25(31)24(30)28-21-11-4-17(2)5-12-21/h4-15H,3,16H2,1-2H3,(H,28,30)(H,29,31)/b27-15-. The molecule has 0 aliphatic heterocycles. The summed E-state index contributed by atoms with van der Waals surface area (Å²) in [5, 5.41) is 6.33. The van der Waals surface area contributed by atoms with Gasteiger partial charge in [0, 0.05) is 5.69 Å². The molecule has 0 aromatic heterocycles. The number of ether oxygens (including phenoxy) is 2. The monoisotopic (exact) mass is 449 g/mol. The van der Waals surface area contributed by atoms with E-state index in [4.69, 9.17) is 9.47 Å². The van der Waals surface area contributed by atoms with E-state index in [1.165, 1.54) is 18.3 Å². The molecule has 0 aliphatic rings. The Morgan fingerprint density at radius 2 is 1.67 bits per heavy atom. The number of carbonyl (C=O) groups excluding carboxylic acids is 2. The van der Waals surface area contributed by atoms with Crippen LogP contribution in [-0.2, 0) is 16.2 Å². The first-order valence-electron chi connectivity index (χ1n) is 10.3. The Morgan fingerprint density at radius 3 is 2.36 bits per heavy atom. The van der Waals surface area contributed by atoms with E-state index in [9.17, 15) is 14.0 Å². The number of hydrogen-bond donors (Lipinski definition) is 2. The van der Waals surface area contributed by atoms with Crippen LogP contribution in [0.3, 0.4) is 0 Å².